The normalized spacial score (nSPS) is 11.8. The van der Waals surface area contributed by atoms with E-state index in [2.05, 4.69) is 20.5 Å². The number of ether oxygens (including phenoxy) is 1. The summed E-state index contributed by atoms with van der Waals surface area (Å²) in [6.45, 7) is 2.20. The fraction of sp³-hybridized carbons (Fsp3) is 0.211. The fourth-order valence-electron chi connectivity index (χ4n) is 2.36. The van der Waals surface area contributed by atoms with E-state index in [-0.39, 0.29) is 11.2 Å². The van der Waals surface area contributed by atoms with Crippen LogP contribution >= 0.6 is 23.4 Å². The van der Waals surface area contributed by atoms with Gasteiger partial charge in [-0.05, 0) is 42.8 Å². The van der Waals surface area contributed by atoms with E-state index in [0.717, 1.165) is 16.9 Å². The van der Waals surface area contributed by atoms with Crippen molar-refractivity contribution in [3.63, 3.8) is 0 Å². The molecule has 0 aliphatic carbocycles. The standard InChI is InChI=1S/C19H19ClN4O2S/c1-12(18(25)21-11-14-5-3-4-6-16(14)20)27-19-22-17(23-24-19)13-7-9-15(26-2)10-8-13/h3-10,12H,11H2,1-2H3,(H,21,25)(H,22,23,24)/t12-/m1/s1. The maximum absolute atomic E-state index is 12.3. The van der Waals surface area contributed by atoms with Crippen molar-refractivity contribution in [2.24, 2.45) is 0 Å². The Balaban J connectivity index is 1.57. The third-order valence-corrected chi connectivity index (χ3v) is 5.22. The molecule has 0 radical (unpaired) electrons. The molecule has 6 nitrogen and oxygen atoms in total. The lowest BCUT2D eigenvalue weighted by molar-refractivity contribution is -0.120. The van der Waals surface area contributed by atoms with Crippen LogP contribution < -0.4 is 10.1 Å². The Bertz CT molecular complexity index is 914. The highest BCUT2D eigenvalue weighted by atomic mass is 35.5. The summed E-state index contributed by atoms with van der Waals surface area (Å²) < 4.78 is 5.15. The Labute approximate surface area is 166 Å². The summed E-state index contributed by atoms with van der Waals surface area (Å²) in [4.78, 5) is 16.8. The van der Waals surface area contributed by atoms with Crippen molar-refractivity contribution in [3.05, 3.63) is 59.1 Å². The molecule has 0 saturated heterocycles. The van der Waals surface area contributed by atoms with Gasteiger partial charge in [0.25, 0.3) is 0 Å². The van der Waals surface area contributed by atoms with E-state index in [4.69, 9.17) is 16.3 Å². The number of aromatic amines is 1. The van der Waals surface area contributed by atoms with Crippen LogP contribution in [0, 0.1) is 0 Å². The second-order valence-electron chi connectivity index (χ2n) is 5.76. The molecular weight excluding hydrogens is 384 g/mol. The molecule has 1 aromatic heterocycles. The van der Waals surface area contributed by atoms with E-state index in [9.17, 15) is 4.79 Å². The van der Waals surface area contributed by atoms with Crippen LogP contribution in [0.4, 0.5) is 0 Å². The fourth-order valence-corrected chi connectivity index (χ4v) is 3.31. The zero-order valence-electron chi connectivity index (χ0n) is 14.9. The Morgan fingerprint density at radius 1 is 1.26 bits per heavy atom. The summed E-state index contributed by atoms with van der Waals surface area (Å²) in [5, 5.41) is 10.8. The minimum Gasteiger partial charge on any atom is -0.497 e. The lowest BCUT2D eigenvalue weighted by atomic mass is 10.2. The van der Waals surface area contributed by atoms with Gasteiger partial charge in [0, 0.05) is 17.1 Å². The highest BCUT2D eigenvalue weighted by Gasteiger charge is 2.17. The van der Waals surface area contributed by atoms with E-state index < -0.39 is 0 Å². The highest BCUT2D eigenvalue weighted by Crippen LogP contribution is 2.24. The van der Waals surface area contributed by atoms with Gasteiger partial charge < -0.3 is 10.1 Å². The molecule has 0 aliphatic heterocycles. The minimum absolute atomic E-state index is 0.101. The quantitative estimate of drug-likeness (QED) is 0.585. The molecule has 0 unspecified atom stereocenters. The summed E-state index contributed by atoms with van der Waals surface area (Å²) in [5.41, 5.74) is 1.77. The van der Waals surface area contributed by atoms with Crippen molar-refractivity contribution in [3.8, 4) is 17.1 Å². The number of methoxy groups -OCH3 is 1. The summed E-state index contributed by atoms with van der Waals surface area (Å²) in [6.07, 6.45) is 0. The molecule has 1 heterocycles. The zero-order chi connectivity index (χ0) is 19.2. The number of rotatable bonds is 7. The predicted molar refractivity (Wildman–Crippen MR) is 107 cm³/mol. The highest BCUT2D eigenvalue weighted by molar-refractivity contribution is 8.00. The van der Waals surface area contributed by atoms with Crippen molar-refractivity contribution < 1.29 is 9.53 Å². The van der Waals surface area contributed by atoms with E-state index in [1.807, 2.05) is 49.4 Å². The smallest absolute Gasteiger partial charge is 0.233 e. The van der Waals surface area contributed by atoms with Gasteiger partial charge in [-0.1, -0.05) is 41.6 Å². The number of halogens is 1. The number of hydrogen-bond acceptors (Lipinski definition) is 5. The first-order chi connectivity index (χ1) is 13.1. The van der Waals surface area contributed by atoms with E-state index in [1.165, 1.54) is 11.8 Å². The second-order valence-corrected chi connectivity index (χ2v) is 7.48. The molecule has 140 valence electrons. The van der Waals surface area contributed by atoms with Crippen LogP contribution in [0.2, 0.25) is 5.02 Å². The molecule has 2 N–H and O–H groups in total. The molecule has 8 heteroatoms. The Morgan fingerprint density at radius 2 is 2.00 bits per heavy atom. The molecule has 0 spiro atoms. The van der Waals surface area contributed by atoms with Gasteiger partial charge in [-0.25, -0.2) is 4.98 Å². The van der Waals surface area contributed by atoms with Gasteiger partial charge in [0.05, 0.1) is 12.4 Å². The molecule has 0 bridgehead atoms. The second kappa shape index (κ2) is 8.92. The van der Waals surface area contributed by atoms with Crippen molar-refractivity contribution in [2.75, 3.05) is 7.11 Å². The van der Waals surface area contributed by atoms with E-state index in [1.54, 1.807) is 13.2 Å². The number of hydrogen-bond donors (Lipinski definition) is 2. The molecule has 0 saturated carbocycles. The first-order valence-corrected chi connectivity index (χ1v) is 9.57. The Morgan fingerprint density at radius 3 is 2.70 bits per heavy atom. The molecule has 0 fully saturated rings. The van der Waals surface area contributed by atoms with Crippen molar-refractivity contribution in [1.29, 1.82) is 0 Å². The lowest BCUT2D eigenvalue weighted by Crippen LogP contribution is -2.30. The van der Waals surface area contributed by atoms with E-state index >= 15 is 0 Å². The summed E-state index contributed by atoms with van der Waals surface area (Å²) >= 11 is 7.40. The molecular formula is C19H19ClN4O2S. The Hall–Kier alpha value is -2.51. The summed E-state index contributed by atoms with van der Waals surface area (Å²) in [6, 6.07) is 14.9. The van der Waals surface area contributed by atoms with Crippen LogP contribution in [0.15, 0.2) is 53.7 Å². The number of carbonyl (C=O) groups is 1. The molecule has 27 heavy (non-hydrogen) atoms. The number of amides is 1. The number of H-pyrrole nitrogens is 1. The Kier molecular flexibility index (Phi) is 6.36. The molecule has 1 amide bonds. The maximum atomic E-state index is 12.3. The van der Waals surface area contributed by atoms with Gasteiger partial charge >= 0.3 is 0 Å². The predicted octanol–water partition coefficient (Wildman–Crippen LogP) is 3.93. The van der Waals surface area contributed by atoms with Crippen LogP contribution in [0.3, 0.4) is 0 Å². The van der Waals surface area contributed by atoms with Crippen LogP contribution in [0.5, 0.6) is 5.75 Å². The number of nitrogens with one attached hydrogen (secondary N) is 2. The zero-order valence-corrected chi connectivity index (χ0v) is 16.5. The number of thioether (sulfide) groups is 1. The third kappa shape index (κ3) is 5.02. The molecule has 3 aromatic rings. The molecule has 0 aliphatic rings. The largest absolute Gasteiger partial charge is 0.497 e. The lowest BCUT2D eigenvalue weighted by Gasteiger charge is -2.11. The summed E-state index contributed by atoms with van der Waals surface area (Å²) in [5.74, 6) is 1.32. The molecule has 2 aromatic carbocycles. The summed E-state index contributed by atoms with van der Waals surface area (Å²) in [7, 11) is 1.62. The minimum atomic E-state index is -0.341. The number of aromatic nitrogens is 3. The maximum Gasteiger partial charge on any atom is 0.233 e. The van der Waals surface area contributed by atoms with Gasteiger partial charge in [-0.15, -0.1) is 5.10 Å². The van der Waals surface area contributed by atoms with Crippen LogP contribution in [0.1, 0.15) is 12.5 Å². The van der Waals surface area contributed by atoms with Crippen LogP contribution in [-0.4, -0.2) is 33.4 Å². The van der Waals surface area contributed by atoms with Crippen molar-refractivity contribution >= 4 is 29.3 Å². The number of nitrogens with zero attached hydrogens (tertiary/aromatic N) is 2. The van der Waals surface area contributed by atoms with Gasteiger partial charge in [0.2, 0.25) is 11.1 Å². The van der Waals surface area contributed by atoms with Gasteiger partial charge in [0.1, 0.15) is 5.75 Å². The monoisotopic (exact) mass is 402 g/mol. The number of benzene rings is 2. The average Bonchev–Trinajstić information content (AvgIpc) is 3.15. The van der Waals surface area contributed by atoms with Crippen LogP contribution in [-0.2, 0) is 11.3 Å². The van der Waals surface area contributed by atoms with E-state index in [0.29, 0.717) is 22.5 Å². The van der Waals surface area contributed by atoms with Gasteiger partial charge in [-0.2, -0.15) is 0 Å². The SMILES string of the molecule is COc1ccc(-c2nc(S[C@H](C)C(=O)NCc3ccccc3Cl)n[nH]2)cc1. The van der Waals surface area contributed by atoms with Crippen molar-refractivity contribution in [2.45, 2.75) is 23.9 Å². The first-order valence-electron chi connectivity index (χ1n) is 8.31. The topological polar surface area (TPSA) is 79.9 Å². The van der Waals surface area contributed by atoms with Crippen LogP contribution in [0.25, 0.3) is 11.4 Å². The average molecular weight is 403 g/mol. The van der Waals surface area contributed by atoms with Gasteiger partial charge in [-0.3, -0.25) is 9.89 Å². The first kappa shape index (κ1) is 19.3. The third-order valence-electron chi connectivity index (χ3n) is 3.89. The van der Waals surface area contributed by atoms with Crippen molar-refractivity contribution in [1.82, 2.24) is 20.5 Å². The number of carbonyl (C=O) groups excluding carboxylic acids is 1. The van der Waals surface area contributed by atoms with Gasteiger partial charge in [0.15, 0.2) is 5.82 Å². The molecule has 3 rings (SSSR count). The molecule has 1 atom stereocenters.